The van der Waals surface area contributed by atoms with Gasteiger partial charge in [0.15, 0.2) is 5.78 Å². The van der Waals surface area contributed by atoms with Crippen LogP contribution in [0.5, 0.6) is 5.75 Å². The van der Waals surface area contributed by atoms with Crippen molar-refractivity contribution in [2.75, 3.05) is 20.3 Å². The van der Waals surface area contributed by atoms with Crippen molar-refractivity contribution in [3.05, 3.63) is 35.9 Å². The van der Waals surface area contributed by atoms with Gasteiger partial charge in [0.25, 0.3) is 0 Å². The number of hydrogen-bond donors (Lipinski definition) is 0. The van der Waals surface area contributed by atoms with Crippen molar-refractivity contribution >= 4 is 11.9 Å². The first kappa shape index (κ1) is 12.5. The van der Waals surface area contributed by atoms with E-state index in [2.05, 4.69) is 0 Å². The number of allylic oxidation sites excluding steroid dienone is 1. The summed E-state index contributed by atoms with van der Waals surface area (Å²) in [6, 6.07) is 7.59. The van der Waals surface area contributed by atoms with Gasteiger partial charge in [-0.15, -0.1) is 0 Å². The van der Waals surface area contributed by atoms with E-state index in [1.165, 1.54) is 7.11 Å². The molecule has 3 nitrogen and oxygen atoms in total. The largest absolute Gasteiger partial charge is 0.485 e. The maximum atomic E-state index is 11.2. The highest BCUT2D eigenvalue weighted by molar-refractivity contribution is 5.81. The average molecular weight is 220 g/mol. The van der Waals surface area contributed by atoms with Crippen LogP contribution in [0.25, 0.3) is 6.08 Å². The van der Waals surface area contributed by atoms with Crippen molar-refractivity contribution in [2.24, 2.45) is 0 Å². The third-order valence-electron chi connectivity index (χ3n) is 1.96. The molecule has 0 amide bonds. The molecule has 0 atom stereocenters. The average Bonchev–Trinajstić information content (AvgIpc) is 2.29. The van der Waals surface area contributed by atoms with E-state index in [1.807, 2.05) is 43.3 Å². The van der Waals surface area contributed by atoms with Crippen molar-refractivity contribution in [1.82, 2.24) is 0 Å². The Morgan fingerprint density at radius 2 is 2.06 bits per heavy atom. The van der Waals surface area contributed by atoms with Gasteiger partial charge in [-0.2, -0.15) is 0 Å². The predicted molar refractivity (Wildman–Crippen MR) is 63.5 cm³/mol. The number of methoxy groups -OCH3 is 1. The van der Waals surface area contributed by atoms with Gasteiger partial charge in [-0.3, -0.25) is 4.79 Å². The van der Waals surface area contributed by atoms with E-state index >= 15 is 0 Å². The molecule has 0 saturated carbocycles. The Morgan fingerprint density at radius 3 is 2.75 bits per heavy atom. The molecule has 0 aliphatic rings. The van der Waals surface area contributed by atoms with Gasteiger partial charge < -0.3 is 9.47 Å². The molecule has 86 valence electrons. The molecule has 1 aromatic rings. The number of para-hydroxylation sites is 1. The summed E-state index contributed by atoms with van der Waals surface area (Å²) in [4.78, 5) is 11.2. The van der Waals surface area contributed by atoms with Crippen LogP contribution in [0.15, 0.2) is 30.3 Å². The first-order valence-electron chi connectivity index (χ1n) is 5.13. The van der Waals surface area contributed by atoms with E-state index in [1.54, 1.807) is 0 Å². The Kier molecular flexibility index (Phi) is 5.29. The van der Waals surface area contributed by atoms with E-state index < -0.39 is 0 Å². The van der Waals surface area contributed by atoms with Crippen molar-refractivity contribution in [3.8, 4) is 5.75 Å². The van der Waals surface area contributed by atoms with E-state index in [0.29, 0.717) is 5.75 Å². The van der Waals surface area contributed by atoms with Crippen molar-refractivity contribution in [2.45, 2.75) is 6.92 Å². The first-order chi connectivity index (χ1) is 7.77. The molecule has 0 aliphatic carbocycles. The maximum absolute atomic E-state index is 11.2. The van der Waals surface area contributed by atoms with Gasteiger partial charge >= 0.3 is 0 Å². The van der Waals surface area contributed by atoms with Gasteiger partial charge in [-0.05, 0) is 13.0 Å². The lowest BCUT2D eigenvalue weighted by atomic mass is 10.2. The summed E-state index contributed by atoms with van der Waals surface area (Å²) in [5.74, 6) is 0.642. The highest BCUT2D eigenvalue weighted by atomic mass is 16.5. The minimum atomic E-state index is -0.0715. The van der Waals surface area contributed by atoms with E-state index in [-0.39, 0.29) is 19.0 Å². The monoisotopic (exact) mass is 220 g/mol. The Balaban J connectivity index is 2.62. The van der Waals surface area contributed by atoms with Crippen molar-refractivity contribution in [1.29, 1.82) is 0 Å². The Morgan fingerprint density at radius 1 is 1.31 bits per heavy atom. The second kappa shape index (κ2) is 6.80. The molecule has 0 unspecified atom stereocenters. The molecular formula is C13H16O3. The van der Waals surface area contributed by atoms with Crippen LogP contribution in [0.4, 0.5) is 0 Å². The molecule has 0 heterocycles. The van der Waals surface area contributed by atoms with E-state index in [9.17, 15) is 4.79 Å². The number of benzene rings is 1. The molecule has 0 radical (unpaired) electrons. The lowest BCUT2D eigenvalue weighted by Gasteiger charge is -2.07. The van der Waals surface area contributed by atoms with Gasteiger partial charge in [0.1, 0.15) is 19.0 Å². The molecule has 0 saturated heterocycles. The van der Waals surface area contributed by atoms with Crippen LogP contribution in [0.2, 0.25) is 0 Å². The molecule has 0 spiro atoms. The van der Waals surface area contributed by atoms with Crippen LogP contribution in [0.1, 0.15) is 12.5 Å². The van der Waals surface area contributed by atoms with Crippen molar-refractivity contribution in [3.63, 3.8) is 0 Å². The molecule has 0 aliphatic heterocycles. The highest BCUT2D eigenvalue weighted by Gasteiger charge is 2.04. The molecule has 1 aromatic carbocycles. The van der Waals surface area contributed by atoms with Crippen LogP contribution in [-0.2, 0) is 9.53 Å². The smallest absolute Gasteiger partial charge is 0.195 e. The zero-order chi connectivity index (χ0) is 11.8. The number of Topliss-reactive ketones (excluding diaryl/α,β-unsaturated/α-hetero) is 1. The lowest BCUT2D eigenvalue weighted by Crippen LogP contribution is -2.16. The van der Waals surface area contributed by atoms with Crippen LogP contribution in [-0.4, -0.2) is 26.1 Å². The highest BCUT2D eigenvalue weighted by Crippen LogP contribution is 2.19. The maximum Gasteiger partial charge on any atom is 0.195 e. The van der Waals surface area contributed by atoms with Crippen LogP contribution >= 0.6 is 0 Å². The molecule has 0 fully saturated rings. The third-order valence-corrected chi connectivity index (χ3v) is 1.96. The fourth-order valence-electron chi connectivity index (χ4n) is 1.29. The topological polar surface area (TPSA) is 35.5 Å². The van der Waals surface area contributed by atoms with Crippen LogP contribution in [0.3, 0.4) is 0 Å². The minimum absolute atomic E-state index is 0.0441. The number of ketones is 1. The first-order valence-corrected chi connectivity index (χ1v) is 5.13. The fraction of sp³-hybridized carbons (Fsp3) is 0.308. The van der Waals surface area contributed by atoms with Crippen LogP contribution < -0.4 is 4.74 Å². The van der Waals surface area contributed by atoms with E-state index in [0.717, 1.165) is 5.56 Å². The third kappa shape index (κ3) is 3.87. The standard InChI is InChI=1S/C13H16O3/c1-3-6-11-7-4-5-8-13(11)16-10-12(14)9-15-2/h3-8H,9-10H2,1-2H3/b6-3+. The summed E-state index contributed by atoms with van der Waals surface area (Å²) < 4.78 is 10.1. The summed E-state index contributed by atoms with van der Waals surface area (Å²) in [5.41, 5.74) is 0.968. The van der Waals surface area contributed by atoms with Gasteiger partial charge in [-0.25, -0.2) is 0 Å². The summed E-state index contributed by atoms with van der Waals surface area (Å²) in [7, 11) is 1.49. The van der Waals surface area contributed by atoms with E-state index in [4.69, 9.17) is 9.47 Å². The summed E-state index contributed by atoms with van der Waals surface area (Å²) >= 11 is 0. The number of hydrogen-bond acceptors (Lipinski definition) is 3. The number of carbonyl (C=O) groups excluding carboxylic acids is 1. The Hall–Kier alpha value is -1.61. The molecule has 0 N–H and O–H groups in total. The van der Waals surface area contributed by atoms with Gasteiger partial charge in [0.2, 0.25) is 0 Å². The van der Waals surface area contributed by atoms with Gasteiger partial charge in [-0.1, -0.05) is 30.4 Å². The summed E-state index contributed by atoms with van der Waals surface area (Å²) in [5, 5.41) is 0. The zero-order valence-corrected chi connectivity index (χ0v) is 9.60. The molecule has 16 heavy (non-hydrogen) atoms. The predicted octanol–water partition coefficient (Wildman–Crippen LogP) is 2.31. The molecule has 3 heteroatoms. The SMILES string of the molecule is C/C=C/c1ccccc1OCC(=O)COC. The summed E-state index contributed by atoms with van der Waals surface area (Å²) in [6.45, 7) is 2.07. The molecule has 0 bridgehead atoms. The summed E-state index contributed by atoms with van der Waals surface area (Å²) in [6.07, 6.45) is 3.87. The molecule has 0 aromatic heterocycles. The Labute approximate surface area is 95.7 Å². The number of carbonyl (C=O) groups is 1. The van der Waals surface area contributed by atoms with Gasteiger partial charge in [0, 0.05) is 12.7 Å². The second-order valence-electron chi connectivity index (χ2n) is 3.30. The Bertz CT molecular complexity index is 369. The zero-order valence-electron chi connectivity index (χ0n) is 9.60. The lowest BCUT2D eigenvalue weighted by molar-refractivity contribution is -0.124. The van der Waals surface area contributed by atoms with Gasteiger partial charge in [0.05, 0.1) is 0 Å². The number of rotatable bonds is 6. The molecule has 1 rings (SSSR count). The van der Waals surface area contributed by atoms with Crippen molar-refractivity contribution < 1.29 is 14.3 Å². The fourth-order valence-corrected chi connectivity index (χ4v) is 1.29. The quantitative estimate of drug-likeness (QED) is 0.738. The van der Waals surface area contributed by atoms with Crippen LogP contribution in [0, 0.1) is 0 Å². The normalized spacial score (nSPS) is 10.6. The molecular weight excluding hydrogens is 204 g/mol. The minimum Gasteiger partial charge on any atom is -0.485 e. The number of ether oxygens (including phenoxy) is 2. The second-order valence-corrected chi connectivity index (χ2v) is 3.30.